The summed E-state index contributed by atoms with van der Waals surface area (Å²) in [4.78, 5) is 18.6. The highest BCUT2D eigenvalue weighted by Crippen LogP contribution is 2.19. The summed E-state index contributed by atoms with van der Waals surface area (Å²) in [6.45, 7) is 1.21. The second-order valence-electron chi connectivity index (χ2n) is 5.89. The average molecular weight is 367 g/mol. The van der Waals surface area contributed by atoms with Crippen LogP contribution in [0.5, 0.6) is 5.75 Å². The van der Waals surface area contributed by atoms with E-state index in [4.69, 9.17) is 4.74 Å². The predicted molar refractivity (Wildman–Crippen MR) is 105 cm³/mol. The number of carbonyl (C=O) groups is 1. The van der Waals surface area contributed by atoms with E-state index in [1.54, 1.807) is 24.4 Å². The van der Waals surface area contributed by atoms with E-state index in [2.05, 4.69) is 10.3 Å². The molecule has 1 aromatic heterocycles. The predicted octanol–water partition coefficient (Wildman–Crippen LogP) is 4.04. The van der Waals surface area contributed by atoms with Gasteiger partial charge in [-0.2, -0.15) is 0 Å². The number of methoxy groups -OCH3 is 1. The van der Waals surface area contributed by atoms with Gasteiger partial charge in [0.1, 0.15) is 11.4 Å². The first-order valence-corrected chi connectivity index (χ1v) is 9.15. The Kier molecular flexibility index (Phi) is 5.86. The molecule has 3 aromatic rings. The zero-order chi connectivity index (χ0) is 18.4. The van der Waals surface area contributed by atoms with Gasteiger partial charge in [0, 0.05) is 25.5 Å². The van der Waals surface area contributed by atoms with Gasteiger partial charge < -0.3 is 15.0 Å². The van der Waals surface area contributed by atoms with Crippen LogP contribution in [0.2, 0.25) is 0 Å². The van der Waals surface area contributed by atoms with Crippen LogP contribution in [0, 0.1) is 0 Å². The van der Waals surface area contributed by atoms with E-state index < -0.39 is 0 Å². The van der Waals surface area contributed by atoms with Crippen molar-refractivity contribution in [3.8, 4) is 5.75 Å². The Labute approximate surface area is 157 Å². The third-order valence-corrected chi connectivity index (χ3v) is 4.74. The van der Waals surface area contributed by atoms with E-state index in [-0.39, 0.29) is 5.91 Å². The minimum atomic E-state index is -0.0809. The van der Waals surface area contributed by atoms with Gasteiger partial charge in [0.2, 0.25) is 0 Å². The molecule has 0 saturated carbocycles. The first kappa shape index (κ1) is 17.9. The van der Waals surface area contributed by atoms with E-state index >= 15 is 0 Å². The quantitative estimate of drug-likeness (QED) is 0.685. The van der Waals surface area contributed by atoms with Gasteiger partial charge in [-0.3, -0.25) is 4.79 Å². The number of benzene rings is 2. The molecule has 0 atom stereocenters. The molecule has 0 fully saturated rings. The highest BCUT2D eigenvalue weighted by Gasteiger charge is 2.15. The van der Waals surface area contributed by atoms with Gasteiger partial charge in [0.15, 0.2) is 5.13 Å². The summed E-state index contributed by atoms with van der Waals surface area (Å²) < 4.78 is 5.15. The van der Waals surface area contributed by atoms with Gasteiger partial charge in [-0.05, 0) is 23.3 Å². The van der Waals surface area contributed by atoms with Crippen molar-refractivity contribution in [2.45, 2.75) is 13.1 Å². The SMILES string of the molecule is COc1ccc(CNc2nc(C(=O)N(C)Cc3ccccc3)cs2)cc1. The summed E-state index contributed by atoms with van der Waals surface area (Å²) in [7, 11) is 3.44. The highest BCUT2D eigenvalue weighted by molar-refractivity contribution is 7.13. The van der Waals surface area contributed by atoms with Gasteiger partial charge in [-0.1, -0.05) is 42.5 Å². The summed E-state index contributed by atoms with van der Waals surface area (Å²) >= 11 is 1.43. The first-order valence-electron chi connectivity index (χ1n) is 8.27. The lowest BCUT2D eigenvalue weighted by Crippen LogP contribution is -2.26. The van der Waals surface area contributed by atoms with Gasteiger partial charge in [-0.15, -0.1) is 11.3 Å². The summed E-state index contributed by atoms with van der Waals surface area (Å²) in [6, 6.07) is 17.8. The maximum absolute atomic E-state index is 12.5. The van der Waals surface area contributed by atoms with Gasteiger partial charge in [-0.25, -0.2) is 4.98 Å². The minimum Gasteiger partial charge on any atom is -0.497 e. The lowest BCUT2D eigenvalue weighted by Gasteiger charge is -2.15. The summed E-state index contributed by atoms with van der Waals surface area (Å²) in [5.41, 5.74) is 2.68. The van der Waals surface area contributed by atoms with Crippen molar-refractivity contribution >= 4 is 22.4 Å². The number of ether oxygens (including phenoxy) is 1. The second kappa shape index (κ2) is 8.49. The molecule has 5 nitrogen and oxygen atoms in total. The summed E-state index contributed by atoms with van der Waals surface area (Å²) in [6.07, 6.45) is 0. The molecule has 0 bridgehead atoms. The summed E-state index contributed by atoms with van der Waals surface area (Å²) in [5.74, 6) is 0.750. The molecular weight excluding hydrogens is 346 g/mol. The normalized spacial score (nSPS) is 10.4. The third-order valence-electron chi connectivity index (χ3n) is 3.94. The maximum atomic E-state index is 12.5. The molecule has 1 heterocycles. The zero-order valence-corrected chi connectivity index (χ0v) is 15.6. The van der Waals surface area contributed by atoms with Crippen molar-refractivity contribution in [2.24, 2.45) is 0 Å². The number of anilines is 1. The summed E-state index contributed by atoms with van der Waals surface area (Å²) in [5, 5.41) is 5.78. The molecule has 3 rings (SSSR count). The van der Waals surface area contributed by atoms with E-state index in [1.165, 1.54) is 11.3 Å². The van der Waals surface area contributed by atoms with Crippen molar-refractivity contribution < 1.29 is 9.53 Å². The Morgan fingerprint density at radius 1 is 1.12 bits per heavy atom. The fourth-order valence-electron chi connectivity index (χ4n) is 2.50. The van der Waals surface area contributed by atoms with Crippen LogP contribution in [0.25, 0.3) is 0 Å². The van der Waals surface area contributed by atoms with Crippen LogP contribution in [-0.2, 0) is 13.1 Å². The van der Waals surface area contributed by atoms with E-state index in [1.807, 2.05) is 54.6 Å². The molecule has 0 aliphatic carbocycles. The number of carbonyl (C=O) groups excluding carboxylic acids is 1. The first-order chi connectivity index (χ1) is 12.7. The second-order valence-corrected chi connectivity index (χ2v) is 6.74. The van der Waals surface area contributed by atoms with Crippen molar-refractivity contribution in [3.63, 3.8) is 0 Å². The van der Waals surface area contributed by atoms with Crippen LogP contribution >= 0.6 is 11.3 Å². The minimum absolute atomic E-state index is 0.0809. The Bertz CT molecular complexity index is 847. The van der Waals surface area contributed by atoms with Gasteiger partial charge >= 0.3 is 0 Å². The molecule has 1 amide bonds. The Morgan fingerprint density at radius 2 is 1.85 bits per heavy atom. The maximum Gasteiger partial charge on any atom is 0.273 e. The number of nitrogens with zero attached hydrogens (tertiary/aromatic N) is 2. The lowest BCUT2D eigenvalue weighted by atomic mass is 10.2. The van der Waals surface area contributed by atoms with Crippen LogP contribution in [0.4, 0.5) is 5.13 Å². The molecule has 0 aliphatic rings. The fourth-order valence-corrected chi connectivity index (χ4v) is 3.18. The number of rotatable bonds is 7. The van der Waals surface area contributed by atoms with Gasteiger partial charge in [0.25, 0.3) is 5.91 Å². The van der Waals surface area contributed by atoms with Crippen LogP contribution in [-0.4, -0.2) is 29.9 Å². The largest absolute Gasteiger partial charge is 0.497 e. The molecule has 26 heavy (non-hydrogen) atoms. The van der Waals surface area contributed by atoms with Crippen LogP contribution in [0.1, 0.15) is 21.6 Å². The Balaban J connectivity index is 1.57. The number of hydrogen-bond acceptors (Lipinski definition) is 5. The number of amides is 1. The number of thiazole rings is 1. The van der Waals surface area contributed by atoms with Crippen molar-refractivity contribution in [3.05, 3.63) is 76.8 Å². The van der Waals surface area contributed by atoms with E-state index in [0.29, 0.717) is 18.8 Å². The Hall–Kier alpha value is -2.86. The lowest BCUT2D eigenvalue weighted by molar-refractivity contribution is 0.0780. The van der Waals surface area contributed by atoms with Gasteiger partial charge in [0.05, 0.1) is 7.11 Å². The molecule has 134 valence electrons. The molecule has 2 aromatic carbocycles. The molecule has 0 radical (unpaired) electrons. The molecule has 0 unspecified atom stereocenters. The zero-order valence-electron chi connectivity index (χ0n) is 14.8. The number of aromatic nitrogens is 1. The van der Waals surface area contributed by atoms with E-state index in [0.717, 1.165) is 22.0 Å². The molecule has 0 aliphatic heterocycles. The average Bonchev–Trinajstić information content (AvgIpc) is 3.16. The standard InChI is InChI=1S/C20H21N3O2S/c1-23(13-16-6-4-3-5-7-16)19(24)18-14-26-20(22-18)21-12-15-8-10-17(25-2)11-9-15/h3-11,14H,12-13H2,1-2H3,(H,21,22). The Morgan fingerprint density at radius 3 is 2.54 bits per heavy atom. The van der Waals surface area contributed by atoms with Crippen LogP contribution < -0.4 is 10.1 Å². The van der Waals surface area contributed by atoms with Crippen molar-refractivity contribution in [2.75, 3.05) is 19.5 Å². The molecule has 6 heteroatoms. The number of nitrogens with one attached hydrogen (secondary N) is 1. The smallest absolute Gasteiger partial charge is 0.273 e. The monoisotopic (exact) mass is 367 g/mol. The molecule has 0 saturated heterocycles. The van der Waals surface area contributed by atoms with Crippen molar-refractivity contribution in [1.29, 1.82) is 0 Å². The van der Waals surface area contributed by atoms with Crippen LogP contribution in [0.15, 0.2) is 60.0 Å². The fraction of sp³-hybridized carbons (Fsp3) is 0.200. The van der Waals surface area contributed by atoms with Crippen LogP contribution in [0.3, 0.4) is 0 Å². The topological polar surface area (TPSA) is 54.5 Å². The molecule has 1 N–H and O–H groups in total. The highest BCUT2D eigenvalue weighted by atomic mass is 32.1. The molecular formula is C20H21N3O2S. The van der Waals surface area contributed by atoms with E-state index in [9.17, 15) is 4.79 Å². The number of hydrogen-bond donors (Lipinski definition) is 1. The van der Waals surface area contributed by atoms with Crippen molar-refractivity contribution in [1.82, 2.24) is 9.88 Å². The molecule has 0 spiro atoms. The third kappa shape index (κ3) is 4.61.